The van der Waals surface area contributed by atoms with Gasteiger partial charge in [-0.25, -0.2) is 17.6 Å². The van der Waals surface area contributed by atoms with Crippen molar-refractivity contribution in [3.05, 3.63) is 64.4 Å². The van der Waals surface area contributed by atoms with Gasteiger partial charge in [-0.1, -0.05) is 18.6 Å². The average molecular weight is 390 g/mol. The van der Waals surface area contributed by atoms with Gasteiger partial charge in [0.25, 0.3) is 0 Å². The summed E-state index contributed by atoms with van der Waals surface area (Å²) in [6.07, 6.45) is 2.52. The Hall–Kier alpha value is -2.45. The summed E-state index contributed by atoms with van der Waals surface area (Å²) in [5.41, 5.74) is 1.61. The maximum atomic E-state index is 13.2. The molecular formula is C19H19FN2O4S. The van der Waals surface area contributed by atoms with Crippen LogP contribution in [0.1, 0.15) is 30.7 Å². The molecule has 4 rings (SSSR count). The fraction of sp³-hybridized carbons (Fsp3) is 0.316. The van der Waals surface area contributed by atoms with Crippen LogP contribution in [-0.4, -0.2) is 30.8 Å². The molecule has 0 radical (unpaired) electrons. The molecule has 3 aromatic rings. The van der Waals surface area contributed by atoms with Crippen molar-refractivity contribution in [1.82, 2.24) is 9.29 Å². The number of hydrogen-bond acceptors (Lipinski definition) is 4. The van der Waals surface area contributed by atoms with E-state index in [9.17, 15) is 17.6 Å². The maximum absolute atomic E-state index is 13.2. The number of aromatic amines is 1. The monoisotopic (exact) mass is 390 g/mol. The fourth-order valence-corrected chi connectivity index (χ4v) is 5.12. The van der Waals surface area contributed by atoms with Crippen molar-refractivity contribution in [3.63, 3.8) is 0 Å². The van der Waals surface area contributed by atoms with Crippen LogP contribution >= 0.6 is 0 Å². The van der Waals surface area contributed by atoms with Gasteiger partial charge in [0.2, 0.25) is 10.0 Å². The number of halogens is 1. The molecule has 1 saturated heterocycles. The molecule has 1 aliphatic rings. The molecular weight excluding hydrogens is 371 g/mol. The zero-order chi connectivity index (χ0) is 19.0. The molecule has 1 aliphatic heterocycles. The molecule has 0 unspecified atom stereocenters. The molecule has 27 heavy (non-hydrogen) atoms. The Balaban J connectivity index is 1.66. The Morgan fingerprint density at radius 1 is 1.11 bits per heavy atom. The average Bonchev–Trinajstić information content (AvgIpc) is 2.85. The van der Waals surface area contributed by atoms with E-state index in [-0.39, 0.29) is 16.6 Å². The summed E-state index contributed by atoms with van der Waals surface area (Å²) in [5, 5.41) is 0. The highest BCUT2D eigenvalue weighted by atomic mass is 32.2. The van der Waals surface area contributed by atoms with Crippen molar-refractivity contribution in [2.75, 3.05) is 13.1 Å². The van der Waals surface area contributed by atoms with Gasteiger partial charge in [-0.05, 0) is 54.7 Å². The second-order valence-corrected chi connectivity index (χ2v) is 8.72. The molecule has 6 nitrogen and oxygen atoms in total. The van der Waals surface area contributed by atoms with E-state index in [1.807, 2.05) is 0 Å². The quantitative estimate of drug-likeness (QED) is 0.744. The zero-order valence-corrected chi connectivity index (χ0v) is 15.3. The molecule has 1 fully saturated rings. The van der Waals surface area contributed by atoms with Gasteiger partial charge in [0.15, 0.2) is 5.58 Å². The second kappa shape index (κ2) is 6.94. The highest BCUT2D eigenvalue weighted by Gasteiger charge is 2.30. The standard InChI is InChI=1S/C19H19FN2O4S/c20-15-6-4-13(5-7-15)14-3-1-2-10-22(12-14)27(24,25)16-8-9-18-17(11-16)21-19(23)26-18/h4-9,11,14H,1-3,10,12H2,(H,21,23)/t14-/m1/s1. The Kier molecular flexibility index (Phi) is 4.61. The van der Waals surface area contributed by atoms with E-state index in [0.717, 1.165) is 24.8 Å². The highest BCUT2D eigenvalue weighted by molar-refractivity contribution is 7.89. The number of hydrogen-bond donors (Lipinski definition) is 1. The number of fused-ring (bicyclic) bond motifs is 1. The number of aromatic nitrogens is 1. The lowest BCUT2D eigenvalue weighted by Crippen LogP contribution is -2.34. The molecule has 0 aliphatic carbocycles. The molecule has 1 atom stereocenters. The number of sulfonamides is 1. The van der Waals surface area contributed by atoms with Crippen LogP contribution < -0.4 is 5.76 Å². The van der Waals surface area contributed by atoms with E-state index in [1.165, 1.54) is 34.6 Å². The molecule has 142 valence electrons. The minimum Gasteiger partial charge on any atom is -0.408 e. The third kappa shape index (κ3) is 3.54. The first kappa shape index (κ1) is 17.9. The van der Waals surface area contributed by atoms with E-state index in [4.69, 9.17) is 4.42 Å². The fourth-order valence-electron chi connectivity index (χ4n) is 3.57. The number of nitrogens with zero attached hydrogens (tertiary/aromatic N) is 1. The van der Waals surface area contributed by atoms with E-state index >= 15 is 0 Å². The van der Waals surface area contributed by atoms with E-state index < -0.39 is 15.8 Å². The zero-order valence-electron chi connectivity index (χ0n) is 14.5. The molecule has 0 amide bonds. The Labute approximate surface area is 155 Å². The van der Waals surface area contributed by atoms with Crippen molar-refractivity contribution in [1.29, 1.82) is 0 Å². The van der Waals surface area contributed by atoms with E-state index in [0.29, 0.717) is 24.2 Å². The second-order valence-electron chi connectivity index (χ2n) is 6.78. The topological polar surface area (TPSA) is 83.4 Å². The largest absolute Gasteiger partial charge is 0.417 e. The molecule has 0 saturated carbocycles. The normalized spacial score (nSPS) is 19.2. The third-order valence-corrected chi connectivity index (χ3v) is 6.86. The van der Waals surface area contributed by atoms with Gasteiger partial charge in [-0.2, -0.15) is 4.31 Å². The molecule has 2 aromatic carbocycles. The third-order valence-electron chi connectivity index (χ3n) is 5.00. The summed E-state index contributed by atoms with van der Waals surface area (Å²) in [4.78, 5) is 13.9. The van der Waals surface area contributed by atoms with Gasteiger partial charge in [0.05, 0.1) is 10.4 Å². The molecule has 8 heteroatoms. The number of oxazole rings is 1. The van der Waals surface area contributed by atoms with Crippen LogP contribution in [0.25, 0.3) is 11.1 Å². The van der Waals surface area contributed by atoms with Crippen molar-refractivity contribution in [3.8, 4) is 0 Å². The summed E-state index contributed by atoms with van der Waals surface area (Å²) >= 11 is 0. The van der Waals surface area contributed by atoms with Crippen LogP contribution in [0.5, 0.6) is 0 Å². The van der Waals surface area contributed by atoms with Gasteiger partial charge < -0.3 is 4.42 Å². The summed E-state index contributed by atoms with van der Waals surface area (Å²) < 4.78 is 46.0. The van der Waals surface area contributed by atoms with Crippen LogP contribution in [0, 0.1) is 5.82 Å². The molecule has 2 heterocycles. The van der Waals surface area contributed by atoms with Crippen LogP contribution in [0.3, 0.4) is 0 Å². The molecule has 1 aromatic heterocycles. The molecule has 1 N–H and O–H groups in total. The minimum atomic E-state index is -3.72. The van der Waals surface area contributed by atoms with Crippen molar-refractivity contribution in [2.24, 2.45) is 0 Å². The summed E-state index contributed by atoms with van der Waals surface area (Å²) in [6, 6.07) is 10.6. The van der Waals surface area contributed by atoms with Crippen LogP contribution in [0.4, 0.5) is 4.39 Å². The summed E-state index contributed by atoms with van der Waals surface area (Å²) in [7, 11) is -3.72. The number of nitrogens with one attached hydrogen (secondary N) is 1. The lowest BCUT2D eigenvalue weighted by molar-refractivity contribution is 0.406. The van der Waals surface area contributed by atoms with Gasteiger partial charge >= 0.3 is 5.76 Å². The van der Waals surface area contributed by atoms with E-state index in [1.54, 1.807) is 12.1 Å². The van der Waals surface area contributed by atoms with Crippen LogP contribution in [0.2, 0.25) is 0 Å². The van der Waals surface area contributed by atoms with Crippen molar-refractivity contribution >= 4 is 21.1 Å². The smallest absolute Gasteiger partial charge is 0.408 e. The van der Waals surface area contributed by atoms with Gasteiger partial charge in [-0.3, -0.25) is 4.98 Å². The SMILES string of the molecule is O=c1[nH]c2cc(S(=O)(=O)N3CCCC[C@@H](c4ccc(F)cc4)C3)ccc2o1. The first-order chi connectivity index (χ1) is 12.9. The Bertz CT molecular complexity index is 1120. The van der Waals surface area contributed by atoms with Crippen molar-refractivity contribution < 1.29 is 17.2 Å². The predicted octanol–water partition coefficient (Wildman–Crippen LogP) is 3.22. The lowest BCUT2D eigenvalue weighted by Gasteiger charge is -2.24. The Morgan fingerprint density at radius 2 is 1.89 bits per heavy atom. The first-order valence-electron chi connectivity index (χ1n) is 8.82. The van der Waals surface area contributed by atoms with Gasteiger partial charge in [0.1, 0.15) is 5.82 Å². The van der Waals surface area contributed by atoms with Crippen molar-refractivity contribution in [2.45, 2.75) is 30.1 Å². The highest BCUT2D eigenvalue weighted by Crippen LogP contribution is 2.30. The number of rotatable bonds is 3. The predicted molar refractivity (Wildman–Crippen MR) is 98.6 cm³/mol. The Morgan fingerprint density at radius 3 is 2.67 bits per heavy atom. The van der Waals surface area contributed by atoms with Crippen LogP contribution in [0.15, 0.2) is 56.6 Å². The lowest BCUT2D eigenvalue weighted by atomic mass is 9.95. The summed E-state index contributed by atoms with van der Waals surface area (Å²) in [5.74, 6) is -0.912. The minimum absolute atomic E-state index is 0.0142. The first-order valence-corrected chi connectivity index (χ1v) is 10.3. The van der Waals surface area contributed by atoms with Gasteiger partial charge in [0, 0.05) is 13.1 Å². The maximum Gasteiger partial charge on any atom is 0.417 e. The number of H-pyrrole nitrogens is 1. The molecule has 0 spiro atoms. The molecule has 0 bridgehead atoms. The number of benzene rings is 2. The van der Waals surface area contributed by atoms with Gasteiger partial charge in [-0.15, -0.1) is 0 Å². The van der Waals surface area contributed by atoms with Crippen LogP contribution in [-0.2, 0) is 10.0 Å². The summed E-state index contributed by atoms with van der Waals surface area (Å²) in [6.45, 7) is 0.772. The van der Waals surface area contributed by atoms with E-state index in [2.05, 4.69) is 4.98 Å².